The molecule has 138 valence electrons. The molecule has 2 fully saturated rings. The van der Waals surface area contributed by atoms with Crippen molar-refractivity contribution in [2.75, 3.05) is 20.2 Å². The fraction of sp³-hybridized carbons (Fsp3) is 0.500. The number of rotatable bonds is 5. The van der Waals surface area contributed by atoms with Gasteiger partial charge in [-0.15, -0.1) is 0 Å². The summed E-state index contributed by atoms with van der Waals surface area (Å²) in [7, 11) is 1.58. The first kappa shape index (κ1) is 17.3. The normalized spacial score (nSPS) is 19.8. The molecule has 7 nitrogen and oxygen atoms in total. The van der Waals surface area contributed by atoms with Crippen molar-refractivity contribution in [3.05, 3.63) is 39.0 Å². The largest absolute Gasteiger partial charge is 0.495 e. The molecule has 2 aromatic rings. The fourth-order valence-corrected chi connectivity index (χ4v) is 3.94. The van der Waals surface area contributed by atoms with Crippen LogP contribution in [0.2, 0.25) is 0 Å². The molecule has 0 spiro atoms. The molecule has 1 saturated heterocycles. The van der Waals surface area contributed by atoms with Crippen LogP contribution in [-0.2, 0) is 11.2 Å². The molecule has 2 aliphatic rings. The lowest BCUT2D eigenvalue weighted by molar-refractivity contribution is -0.131. The summed E-state index contributed by atoms with van der Waals surface area (Å²) in [4.78, 5) is 26.6. The molecular weight excluding hydrogens is 400 g/mol. The molecule has 8 heteroatoms. The van der Waals surface area contributed by atoms with Gasteiger partial charge in [0.2, 0.25) is 5.91 Å². The summed E-state index contributed by atoms with van der Waals surface area (Å²) in [5.74, 6) is 2.13. The van der Waals surface area contributed by atoms with E-state index in [1.165, 1.54) is 0 Å². The van der Waals surface area contributed by atoms with Crippen LogP contribution in [0.25, 0.3) is 5.69 Å². The average molecular weight is 421 g/mol. The van der Waals surface area contributed by atoms with Crippen molar-refractivity contribution >= 4 is 21.8 Å². The van der Waals surface area contributed by atoms with Gasteiger partial charge in [-0.2, -0.15) is 5.10 Å². The first-order valence-electron chi connectivity index (χ1n) is 8.86. The Morgan fingerprint density at radius 1 is 1.38 bits per heavy atom. The van der Waals surface area contributed by atoms with Crippen LogP contribution in [0.15, 0.2) is 27.5 Å². The van der Waals surface area contributed by atoms with Crippen molar-refractivity contribution in [1.82, 2.24) is 19.7 Å². The van der Waals surface area contributed by atoms with Crippen LogP contribution in [0.3, 0.4) is 0 Å². The van der Waals surface area contributed by atoms with E-state index in [0.717, 1.165) is 36.8 Å². The number of aromatic nitrogens is 3. The Morgan fingerprint density at radius 3 is 2.92 bits per heavy atom. The predicted molar refractivity (Wildman–Crippen MR) is 99.6 cm³/mol. The van der Waals surface area contributed by atoms with E-state index < -0.39 is 0 Å². The minimum absolute atomic E-state index is 0.254. The van der Waals surface area contributed by atoms with Crippen LogP contribution in [0.4, 0.5) is 0 Å². The Hall–Kier alpha value is -2.09. The number of nitrogens with one attached hydrogen (secondary N) is 1. The van der Waals surface area contributed by atoms with E-state index in [1.807, 2.05) is 23.1 Å². The van der Waals surface area contributed by atoms with Gasteiger partial charge in [-0.05, 0) is 43.4 Å². The highest BCUT2D eigenvalue weighted by molar-refractivity contribution is 9.10. The second-order valence-electron chi connectivity index (χ2n) is 7.01. The van der Waals surface area contributed by atoms with Crippen molar-refractivity contribution in [2.45, 2.75) is 25.7 Å². The topological polar surface area (TPSA) is 80.2 Å². The summed E-state index contributed by atoms with van der Waals surface area (Å²) in [5, 5.41) is 6.77. The fourth-order valence-electron chi connectivity index (χ4n) is 3.60. The zero-order valence-corrected chi connectivity index (χ0v) is 16.2. The maximum atomic E-state index is 12.4. The number of benzene rings is 1. The average Bonchev–Trinajstić information content (AvgIpc) is 3.29. The summed E-state index contributed by atoms with van der Waals surface area (Å²) in [6.45, 7) is 1.55. The van der Waals surface area contributed by atoms with Gasteiger partial charge in [-0.1, -0.05) is 15.9 Å². The van der Waals surface area contributed by atoms with Gasteiger partial charge in [0.25, 0.3) is 0 Å². The Labute approximate surface area is 159 Å². The molecule has 0 bridgehead atoms. The highest BCUT2D eigenvalue weighted by atomic mass is 79.9. The summed E-state index contributed by atoms with van der Waals surface area (Å²) in [5.41, 5.74) is 0.373. The molecule has 1 aliphatic carbocycles. The number of likely N-dealkylation sites (tertiary alicyclic amines) is 1. The van der Waals surface area contributed by atoms with Gasteiger partial charge in [0, 0.05) is 29.9 Å². The first-order chi connectivity index (χ1) is 12.6. The lowest BCUT2D eigenvalue weighted by Crippen LogP contribution is -2.30. The smallest absolute Gasteiger partial charge is 0.348 e. The molecule has 2 heterocycles. The Balaban J connectivity index is 1.56. The number of ether oxygens (including phenoxy) is 1. The van der Waals surface area contributed by atoms with Crippen molar-refractivity contribution in [3.8, 4) is 11.4 Å². The maximum absolute atomic E-state index is 12.4. The number of aromatic amines is 1. The van der Waals surface area contributed by atoms with Crippen molar-refractivity contribution < 1.29 is 9.53 Å². The van der Waals surface area contributed by atoms with E-state index in [1.54, 1.807) is 11.7 Å². The minimum atomic E-state index is -0.287. The van der Waals surface area contributed by atoms with Gasteiger partial charge in [0.15, 0.2) is 0 Å². The van der Waals surface area contributed by atoms with Crippen molar-refractivity contribution in [3.63, 3.8) is 0 Å². The summed E-state index contributed by atoms with van der Waals surface area (Å²) in [6.07, 6.45) is 3.65. The van der Waals surface area contributed by atoms with Crippen molar-refractivity contribution in [1.29, 1.82) is 0 Å². The third kappa shape index (κ3) is 3.30. The summed E-state index contributed by atoms with van der Waals surface area (Å²) < 4.78 is 7.87. The predicted octanol–water partition coefficient (Wildman–Crippen LogP) is 2.13. The van der Waals surface area contributed by atoms with E-state index >= 15 is 0 Å². The van der Waals surface area contributed by atoms with Gasteiger partial charge in [-0.25, -0.2) is 14.5 Å². The molecule has 26 heavy (non-hydrogen) atoms. The third-order valence-electron chi connectivity index (χ3n) is 5.12. The van der Waals surface area contributed by atoms with E-state index in [2.05, 4.69) is 26.1 Å². The van der Waals surface area contributed by atoms with E-state index in [9.17, 15) is 9.59 Å². The molecule has 1 amide bonds. The highest BCUT2D eigenvalue weighted by Crippen LogP contribution is 2.33. The van der Waals surface area contributed by atoms with Crippen LogP contribution in [-0.4, -0.2) is 45.8 Å². The Kier molecular flexibility index (Phi) is 4.60. The number of nitrogens with zero attached hydrogens (tertiary/aromatic N) is 3. The van der Waals surface area contributed by atoms with E-state index in [-0.39, 0.29) is 11.6 Å². The molecule has 1 saturated carbocycles. The van der Waals surface area contributed by atoms with Gasteiger partial charge in [-0.3, -0.25) is 4.79 Å². The number of methoxy groups -OCH3 is 1. The summed E-state index contributed by atoms with van der Waals surface area (Å²) in [6, 6.07) is 5.53. The summed E-state index contributed by atoms with van der Waals surface area (Å²) >= 11 is 3.42. The lowest BCUT2D eigenvalue weighted by atomic mass is 10.0. The van der Waals surface area contributed by atoms with E-state index in [4.69, 9.17) is 4.74 Å². The van der Waals surface area contributed by atoms with Crippen molar-refractivity contribution in [2.24, 2.45) is 11.8 Å². The van der Waals surface area contributed by atoms with Crippen LogP contribution in [0, 0.1) is 11.8 Å². The SMILES string of the molecule is COc1cc(Br)ccc1-n1c(C[C@@H]2CCN(C(=O)C3CC3)C2)n[nH]c1=O. The third-order valence-corrected chi connectivity index (χ3v) is 5.61. The van der Waals surface area contributed by atoms with Crippen LogP contribution < -0.4 is 10.4 Å². The highest BCUT2D eigenvalue weighted by Gasteiger charge is 2.37. The maximum Gasteiger partial charge on any atom is 0.348 e. The second kappa shape index (κ2) is 6.90. The van der Waals surface area contributed by atoms with Crippen LogP contribution >= 0.6 is 15.9 Å². The van der Waals surface area contributed by atoms with Gasteiger partial charge in [0.05, 0.1) is 12.8 Å². The number of carbonyl (C=O) groups excluding carboxylic acids is 1. The van der Waals surface area contributed by atoms with Gasteiger partial charge >= 0.3 is 5.69 Å². The number of H-pyrrole nitrogens is 1. The number of amides is 1. The molecule has 0 radical (unpaired) electrons. The number of halogens is 1. The zero-order valence-electron chi connectivity index (χ0n) is 14.6. The van der Waals surface area contributed by atoms with Gasteiger partial charge < -0.3 is 9.64 Å². The van der Waals surface area contributed by atoms with E-state index in [0.29, 0.717) is 35.5 Å². The monoisotopic (exact) mass is 420 g/mol. The molecule has 1 aromatic carbocycles. The minimum Gasteiger partial charge on any atom is -0.495 e. The molecule has 1 aromatic heterocycles. The molecule has 4 rings (SSSR count). The standard InChI is InChI=1S/C18H21BrN4O3/c1-26-15-9-13(19)4-5-14(15)23-16(20-21-18(23)25)8-11-6-7-22(10-11)17(24)12-2-3-12/h4-5,9,11-12H,2-3,6-8,10H2,1H3,(H,21,25)/t11-/m0/s1. The number of carbonyl (C=O) groups is 1. The van der Waals surface area contributed by atoms with Gasteiger partial charge in [0.1, 0.15) is 11.6 Å². The van der Waals surface area contributed by atoms with Crippen LogP contribution in [0.1, 0.15) is 25.1 Å². The quantitative estimate of drug-likeness (QED) is 0.803. The number of hydrogen-bond donors (Lipinski definition) is 1. The zero-order chi connectivity index (χ0) is 18.3. The Morgan fingerprint density at radius 2 is 2.19 bits per heavy atom. The number of hydrogen-bond acceptors (Lipinski definition) is 4. The Bertz CT molecular complexity index is 887. The molecule has 1 aliphatic heterocycles. The molecule has 1 N–H and O–H groups in total. The second-order valence-corrected chi connectivity index (χ2v) is 7.93. The molecule has 1 atom stereocenters. The molecule has 0 unspecified atom stereocenters. The lowest BCUT2D eigenvalue weighted by Gasteiger charge is -2.16. The first-order valence-corrected chi connectivity index (χ1v) is 9.65. The molecular formula is C18H21BrN4O3. The van der Waals surface area contributed by atoms with Crippen LogP contribution in [0.5, 0.6) is 5.75 Å².